The molecule has 1 aliphatic heterocycles. The molecule has 0 amide bonds. The zero-order chi connectivity index (χ0) is 10.0. The molecule has 0 saturated carbocycles. The number of ether oxygens (including phenoxy) is 2. The minimum Gasteiger partial charge on any atom is -0.497 e. The lowest BCUT2D eigenvalue weighted by Crippen LogP contribution is -2.48. The number of rotatable bonds is 3. The lowest BCUT2D eigenvalue weighted by atomic mass is 9.80. The van der Waals surface area contributed by atoms with Gasteiger partial charge in [0.25, 0.3) is 0 Å². The Kier molecular flexibility index (Phi) is 2.25. The summed E-state index contributed by atoms with van der Waals surface area (Å²) in [6.07, 6.45) is 0.964. The molecule has 0 atom stereocenters. The second-order valence-electron chi connectivity index (χ2n) is 3.50. The number of hydrogen-bond acceptors (Lipinski definition) is 3. The number of carbonyl (C=O) groups excluding carboxylic acids is 1. The van der Waals surface area contributed by atoms with E-state index in [1.165, 1.54) is 0 Å². The maximum absolute atomic E-state index is 11.0. The van der Waals surface area contributed by atoms with Crippen LogP contribution < -0.4 is 4.74 Å². The van der Waals surface area contributed by atoms with Crippen LogP contribution in [0.2, 0.25) is 0 Å². The fourth-order valence-electron chi connectivity index (χ4n) is 1.56. The van der Waals surface area contributed by atoms with Gasteiger partial charge in [0.05, 0.1) is 25.7 Å². The van der Waals surface area contributed by atoms with E-state index in [4.69, 9.17) is 9.47 Å². The van der Waals surface area contributed by atoms with Gasteiger partial charge in [0.1, 0.15) is 12.0 Å². The Bertz CT molecular complexity index is 342. The molecular formula is C11H12O3. The van der Waals surface area contributed by atoms with Crippen LogP contribution >= 0.6 is 0 Å². The molecule has 1 aromatic rings. The Morgan fingerprint density at radius 1 is 1.50 bits per heavy atom. The largest absolute Gasteiger partial charge is 0.497 e. The van der Waals surface area contributed by atoms with Crippen LogP contribution in [-0.4, -0.2) is 26.6 Å². The van der Waals surface area contributed by atoms with Crippen molar-refractivity contribution in [1.82, 2.24) is 0 Å². The van der Waals surface area contributed by atoms with Crippen molar-refractivity contribution in [3.05, 3.63) is 29.8 Å². The maximum Gasteiger partial charge on any atom is 0.135 e. The summed E-state index contributed by atoms with van der Waals surface area (Å²) in [5, 5.41) is 0. The van der Waals surface area contributed by atoms with Crippen molar-refractivity contribution in [2.24, 2.45) is 0 Å². The average Bonchev–Trinajstić information content (AvgIpc) is 2.18. The minimum atomic E-state index is -0.436. The van der Waals surface area contributed by atoms with Crippen LogP contribution in [-0.2, 0) is 14.9 Å². The summed E-state index contributed by atoms with van der Waals surface area (Å²) < 4.78 is 10.2. The Morgan fingerprint density at radius 3 is 2.79 bits per heavy atom. The third-order valence-corrected chi connectivity index (χ3v) is 2.59. The highest BCUT2D eigenvalue weighted by Gasteiger charge is 2.40. The van der Waals surface area contributed by atoms with Gasteiger partial charge in [-0.2, -0.15) is 0 Å². The van der Waals surface area contributed by atoms with Crippen LogP contribution in [0.3, 0.4) is 0 Å². The standard InChI is InChI=1S/C11H12O3/c1-13-10-4-2-3-9(5-10)11(6-12)7-14-8-11/h2-6H,7-8H2,1H3. The Labute approximate surface area is 82.6 Å². The molecule has 3 nitrogen and oxygen atoms in total. The number of aldehydes is 1. The predicted molar refractivity (Wildman–Crippen MR) is 51.6 cm³/mol. The summed E-state index contributed by atoms with van der Waals surface area (Å²) in [6, 6.07) is 7.57. The summed E-state index contributed by atoms with van der Waals surface area (Å²) in [5.41, 5.74) is 0.534. The Morgan fingerprint density at radius 2 is 2.29 bits per heavy atom. The molecule has 1 saturated heterocycles. The van der Waals surface area contributed by atoms with Crippen molar-refractivity contribution in [3.8, 4) is 5.75 Å². The second kappa shape index (κ2) is 3.42. The van der Waals surface area contributed by atoms with E-state index >= 15 is 0 Å². The molecule has 0 radical (unpaired) electrons. The first-order valence-corrected chi connectivity index (χ1v) is 4.49. The third-order valence-electron chi connectivity index (χ3n) is 2.59. The van der Waals surface area contributed by atoms with Crippen LogP contribution in [0.25, 0.3) is 0 Å². The van der Waals surface area contributed by atoms with Gasteiger partial charge in [-0.3, -0.25) is 0 Å². The fourth-order valence-corrected chi connectivity index (χ4v) is 1.56. The predicted octanol–water partition coefficient (Wildman–Crippen LogP) is 1.16. The Balaban J connectivity index is 2.35. The monoisotopic (exact) mass is 192 g/mol. The summed E-state index contributed by atoms with van der Waals surface area (Å²) in [5.74, 6) is 0.774. The highest BCUT2D eigenvalue weighted by molar-refractivity contribution is 5.70. The van der Waals surface area contributed by atoms with E-state index in [0.29, 0.717) is 13.2 Å². The van der Waals surface area contributed by atoms with Gasteiger partial charge in [0.2, 0.25) is 0 Å². The normalized spacial score (nSPS) is 18.4. The van der Waals surface area contributed by atoms with E-state index in [9.17, 15) is 4.79 Å². The van der Waals surface area contributed by atoms with Crippen molar-refractivity contribution in [2.75, 3.05) is 20.3 Å². The molecule has 0 aliphatic carbocycles. The number of hydrogen-bond donors (Lipinski definition) is 0. The molecule has 3 heteroatoms. The zero-order valence-electron chi connectivity index (χ0n) is 8.03. The van der Waals surface area contributed by atoms with Crippen LogP contribution in [0.5, 0.6) is 5.75 Å². The number of benzene rings is 1. The van der Waals surface area contributed by atoms with Gasteiger partial charge in [0.15, 0.2) is 0 Å². The molecule has 74 valence electrons. The Hall–Kier alpha value is -1.35. The SMILES string of the molecule is COc1cccc(C2(C=O)COC2)c1. The molecule has 1 aromatic carbocycles. The third kappa shape index (κ3) is 1.30. The van der Waals surface area contributed by atoms with Gasteiger partial charge >= 0.3 is 0 Å². The van der Waals surface area contributed by atoms with Gasteiger partial charge < -0.3 is 14.3 Å². The van der Waals surface area contributed by atoms with Crippen LogP contribution in [0.4, 0.5) is 0 Å². The number of carbonyl (C=O) groups is 1. The number of methoxy groups -OCH3 is 1. The lowest BCUT2D eigenvalue weighted by molar-refractivity contribution is -0.129. The molecule has 0 spiro atoms. The van der Waals surface area contributed by atoms with E-state index in [1.807, 2.05) is 24.3 Å². The van der Waals surface area contributed by atoms with Crippen molar-refractivity contribution in [3.63, 3.8) is 0 Å². The van der Waals surface area contributed by atoms with Gasteiger partial charge in [-0.15, -0.1) is 0 Å². The van der Waals surface area contributed by atoms with E-state index in [-0.39, 0.29) is 0 Å². The van der Waals surface area contributed by atoms with Crippen molar-refractivity contribution < 1.29 is 14.3 Å². The molecular weight excluding hydrogens is 180 g/mol. The fraction of sp³-hybridized carbons (Fsp3) is 0.364. The summed E-state index contributed by atoms with van der Waals surface area (Å²) in [4.78, 5) is 11.0. The second-order valence-corrected chi connectivity index (χ2v) is 3.50. The molecule has 0 aromatic heterocycles. The highest BCUT2D eigenvalue weighted by atomic mass is 16.5. The maximum atomic E-state index is 11.0. The van der Waals surface area contributed by atoms with Crippen LogP contribution in [0.15, 0.2) is 24.3 Å². The zero-order valence-corrected chi connectivity index (χ0v) is 8.03. The molecule has 1 aliphatic rings. The van der Waals surface area contributed by atoms with Crippen LogP contribution in [0, 0.1) is 0 Å². The molecule has 0 unspecified atom stereocenters. The molecule has 14 heavy (non-hydrogen) atoms. The van der Waals surface area contributed by atoms with E-state index in [0.717, 1.165) is 17.6 Å². The summed E-state index contributed by atoms with van der Waals surface area (Å²) in [6.45, 7) is 0.952. The highest BCUT2D eigenvalue weighted by Crippen LogP contribution is 2.31. The van der Waals surface area contributed by atoms with Crippen molar-refractivity contribution in [2.45, 2.75) is 5.41 Å². The summed E-state index contributed by atoms with van der Waals surface area (Å²) in [7, 11) is 1.62. The van der Waals surface area contributed by atoms with E-state index in [2.05, 4.69) is 0 Å². The van der Waals surface area contributed by atoms with Gasteiger partial charge in [-0.25, -0.2) is 0 Å². The van der Waals surface area contributed by atoms with Gasteiger partial charge in [0, 0.05) is 0 Å². The van der Waals surface area contributed by atoms with E-state index in [1.54, 1.807) is 7.11 Å². The smallest absolute Gasteiger partial charge is 0.135 e. The summed E-state index contributed by atoms with van der Waals surface area (Å²) >= 11 is 0. The van der Waals surface area contributed by atoms with Gasteiger partial charge in [-0.1, -0.05) is 12.1 Å². The quantitative estimate of drug-likeness (QED) is 0.674. The van der Waals surface area contributed by atoms with E-state index < -0.39 is 5.41 Å². The van der Waals surface area contributed by atoms with Crippen molar-refractivity contribution >= 4 is 6.29 Å². The molecule has 1 heterocycles. The lowest BCUT2D eigenvalue weighted by Gasteiger charge is -2.36. The minimum absolute atomic E-state index is 0.436. The molecule has 0 bridgehead atoms. The molecule has 1 fully saturated rings. The van der Waals surface area contributed by atoms with Gasteiger partial charge in [-0.05, 0) is 17.7 Å². The van der Waals surface area contributed by atoms with Crippen LogP contribution in [0.1, 0.15) is 5.56 Å². The first kappa shape index (κ1) is 9.21. The van der Waals surface area contributed by atoms with Crippen molar-refractivity contribution in [1.29, 1.82) is 0 Å². The molecule has 0 N–H and O–H groups in total. The molecule has 2 rings (SSSR count). The first-order chi connectivity index (χ1) is 6.80. The first-order valence-electron chi connectivity index (χ1n) is 4.49. The average molecular weight is 192 g/mol. The topological polar surface area (TPSA) is 35.5 Å².